The number of aryl methyl sites for hydroxylation is 4. The largest absolute Gasteiger partial charge is 0.493 e. The predicted molar refractivity (Wildman–Crippen MR) is 399 cm³/mol. The minimum atomic E-state index is -0.564. The number of hydrogen-bond donors (Lipinski definition) is 2. The molecule has 0 saturated heterocycles. The fourth-order valence-electron chi connectivity index (χ4n) is 12.2. The fourth-order valence-corrected chi connectivity index (χ4v) is 12.2. The average molecular weight is 1390 g/mol. The Hall–Kier alpha value is -6.92. The van der Waals surface area contributed by atoms with E-state index in [1.807, 2.05) is 70.3 Å². The molecule has 0 radical (unpaired) electrons. The van der Waals surface area contributed by atoms with Crippen LogP contribution in [-0.4, -0.2) is 105 Å². The Morgan fingerprint density at radius 1 is 0.370 bits per heavy atom. The van der Waals surface area contributed by atoms with E-state index in [1.165, 1.54) is 153 Å². The summed E-state index contributed by atoms with van der Waals surface area (Å²) < 4.78 is 51.3. The van der Waals surface area contributed by atoms with E-state index < -0.39 is 11.9 Å². The number of hydrogen-bond acceptors (Lipinski definition) is 16. The number of aliphatic hydroxyl groups excluding tert-OH is 2. The van der Waals surface area contributed by atoms with Gasteiger partial charge in [0.1, 0.15) is 45.6 Å². The van der Waals surface area contributed by atoms with E-state index in [9.17, 15) is 19.8 Å². The normalized spacial score (nSPS) is 11.2. The van der Waals surface area contributed by atoms with Gasteiger partial charge in [0.25, 0.3) is 0 Å². The highest BCUT2D eigenvalue weighted by Crippen LogP contribution is 2.32. The lowest BCUT2D eigenvalue weighted by molar-refractivity contribution is 0.0503. The topological polar surface area (TPSA) is 210 Å². The van der Waals surface area contributed by atoms with Gasteiger partial charge in [0.05, 0.1) is 77.5 Å². The first-order chi connectivity index (χ1) is 49.2. The highest BCUT2D eigenvalue weighted by atomic mass is 16.5. The molecule has 5 aromatic rings. The van der Waals surface area contributed by atoms with E-state index in [2.05, 4.69) is 33.8 Å². The van der Waals surface area contributed by atoms with Crippen LogP contribution in [0, 0.1) is 0 Å². The summed E-state index contributed by atoms with van der Waals surface area (Å²) >= 11 is 0. The lowest BCUT2D eigenvalue weighted by Gasteiger charge is -2.16. The van der Waals surface area contributed by atoms with Gasteiger partial charge in [0.2, 0.25) is 0 Å². The van der Waals surface area contributed by atoms with Gasteiger partial charge in [-0.25, -0.2) is 9.59 Å². The Morgan fingerprint density at radius 2 is 0.650 bits per heavy atom. The Morgan fingerprint density at radius 3 is 0.950 bits per heavy atom. The Labute approximate surface area is 601 Å². The molecule has 0 aliphatic heterocycles. The highest BCUT2D eigenvalue weighted by molar-refractivity contribution is 5.98. The maximum absolute atomic E-state index is 13.3. The number of rotatable bonds is 66. The molecule has 0 aliphatic carbocycles. The number of esters is 2. The molecule has 100 heavy (non-hydrogen) atoms. The summed E-state index contributed by atoms with van der Waals surface area (Å²) in [4.78, 5) is 26.6. The lowest BCUT2D eigenvalue weighted by Crippen LogP contribution is -2.14. The van der Waals surface area contributed by atoms with Crippen molar-refractivity contribution in [2.24, 2.45) is 0 Å². The molecule has 0 saturated carbocycles. The predicted octanol–water partition coefficient (Wildman–Crippen LogP) is 19.6. The number of ether oxygens (including phenoxy) is 8. The van der Waals surface area contributed by atoms with Gasteiger partial charge in [-0.2, -0.15) is 0 Å². The average Bonchev–Trinajstić information content (AvgIpc) is 1.79. The van der Waals surface area contributed by atoms with Crippen molar-refractivity contribution in [1.29, 1.82) is 0 Å². The van der Waals surface area contributed by atoms with Gasteiger partial charge in [0, 0.05) is 37.6 Å². The van der Waals surface area contributed by atoms with Crippen LogP contribution in [0.2, 0.25) is 0 Å². The number of unbranched alkanes of at least 4 members (excludes halogenated alkanes) is 32. The standard InChI is InChI=1S/C82H128N6O12/c1-5-9-11-13-15-17-19-21-27-33-41-51-95-73-57-69(67-89)59-75(61-73)97-53-43-35-29-23-25-31-37-47-71-65-87(85-83-71)49-39-45-55-99-79-63-78(82(92)94-8-4)80(64-77(79)81(91)93-7-3)100-56-46-40-50-88-66-72(84-86-88)48-38-32-26-24-30-36-44-54-98-76-60-70(68-90)58-74(62-76)96-52-42-34-28-22-20-18-16-14-12-10-6-2/h5-6,57-66,89-90H,1-2,7-56,67-68H2,3-4H3. The van der Waals surface area contributed by atoms with Crippen molar-refractivity contribution < 1.29 is 57.7 Å². The molecule has 0 unspecified atom stereocenters. The third-order valence-electron chi connectivity index (χ3n) is 17.9. The molecule has 0 atom stereocenters. The van der Waals surface area contributed by atoms with Crippen molar-refractivity contribution in [2.75, 3.05) is 52.9 Å². The third-order valence-corrected chi connectivity index (χ3v) is 17.9. The molecule has 2 heterocycles. The van der Waals surface area contributed by atoms with Crippen LogP contribution in [0.1, 0.15) is 301 Å². The first kappa shape index (κ1) is 83.7. The quantitative estimate of drug-likeness (QED) is 0.0211. The van der Waals surface area contributed by atoms with Crippen LogP contribution in [-0.2, 0) is 48.6 Å². The van der Waals surface area contributed by atoms with Crippen molar-refractivity contribution in [3.8, 4) is 34.5 Å². The van der Waals surface area contributed by atoms with Crippen LogP contribution in [0.25, 0.3) is 0 Å². The molecule has 18 nitrogen and oxygen atoms in total. The van der Waals surface area contributed by atoms with Gasteiger partial charge >= 0.3 is 11.9 Å². The molecule has 3 aromatic carbocycles. The van der Waals surface area contributed by atoms with Crippen molar-refractivity contribution in [1.82, 2.24) is 30.0 Å². The van der Waals surface area contributed by atoms with E-state index >= 15 is 0 Å². The van der Waals surface area contributed by atoms with Crippen LogP contribution in [0.15, 0.2) is 86.2 Å². The minimum absolute atomic E-state index is 0.0422. The summed E-state index contributed by atoms with van der Waals surface area (Å²) in [5, 5.41) is 37.3. The molecule has 2 N–H and O–H groups in total. The molecule has 0 bridgehead atoms. The second-order valence-corrected chi connectivity index (χ2v) is 26.6. The molecule has 2 aromatic heterocycles. The summed E-state index contributed by atoms with van der Waals surface area (Å²) in [6.07, 6.45) is 53.3. The summed E-state index contributed by atoms with van der Waals surface area (Å²) in [6, 6.07) is 14.6. The number of nitrogens with zero attached hydrogens (tertiary/aromatic N) is 6. The van der Waals surface area contributed by atoms with E-state index in [0.717, 1.165) is 148 Å². The molecule has 0 aliphatic rings. The van der Waals surface area contributed by atoms with Crippen LogP contribution in [0.4, 0.5) is 0 Å². The van der Waals surface area contributed by atoms with E-state index in [0.29, 0.717) is 65.6 Å². The number of allylic oxidation sites excluding steroid dienone is 2. The van der Waals surface area contributed by atoms with E-state index in [4.69, 9.17) is 37.9 Å². The maximum atomic E-state index is 13.3. The first-order valence-electron chi connectivity index (χ1n) is 39.0. The van der Waals surface area contributed by atoms with E-state index in [1.54, 1.807) is 13.8 Å². The Bertz CT molecular complexity index is 2740. The zero-order valence-corrected chi connectivity index (χ0v) is 61.8. The summed E-state index contributed by atoms with van der Waals surface area (Å²) in [5.41, 5.74) is 3.96. The molecule has 558 valence electrons. The summed E-state index contributed by atoms with van der Waals surface area (Å²) in [5.74, 6) is 2.39. The van der Waals surface area contributed by atoms with Crippen molar-refractivity contribution in [3.05, 3.63) is 120 Å². The number of carbonyl (C=O) groups is 2. The monoisotopic (exact) mass is 1390 g/mol. The van der Waals surface area contributed by atoms with Crippen molar-refractivity contribution in [2.45, 2.75) is 297 Å². The Balaban J connectivity index is 0.885. The smallest absolute Gasteiger partial charge is 0.342 e. The van der Waals surface area contributed by atoms with Crippen LogP contribution in [0.5, 0.6) is 34.5 Å². The van der Waals surface area contributed by atoms with Gasteiger partial charge in [-0.3, -0.25) is 9.36 Å². The molecular formula is C82H128N6O12. The van der Waals surface area contributed by atoms with Crippen LogP contribution < -0.4 is 28.4 Å². The zero-order valence-electron chi connectivity index (χ0n) is 61.8. The first-order valence-corrected chi connectivity index (χ1v) is 39.0. The number of aliphatic hydroxyl groups is 2. The second-order valence-electron chi connectivity index (χ2n) is 26.6. The fraction of sp³-hybridized carbons (Fsp3) is 0.659. The van der Waals surface area contributed by atoms with Crippen LogP contribution >= 0.6 is 0 Å². The third kappa shape index (κ3) is 38.2. The van der Waals surface area contributed by atoms with Gasteiger partial charge in [-0.15, -0.1) is 23.4 Å². The second kappa shape index (κ2) is 55.7. The van der Waals surface area contributed by atoms with Crippen LogP contribution in [0.3, 0.4) is 0 Å². The Kier molecular flexibility index (Phi) is 46.7. The molecular weight excluding hydrogens is 1260 g/mol. The molecule has 0 spiro atoms. The molecule has 0 amide bonds. The maximum Gasteiger partial charge on any atom is 0.342 e. The number of benzene rings is 3. The minimum Gasteiger partial charge on any atom is -0.493 e. The molecule has 18 heteroatoms. The van der Waals surface area contributed by atoms with Gasteiger partial charge in [-0.1, -0.05) is 177 Å². The SMILES string of the molecule is C=CCCCCCCCCCCCOc1cc(CO)cc(OCCCCCCCCCc2cn(CCCCOc3cc(C(=O)OCC)c(OCCCCn4cc(CCCCCCCCCOc5cc(CO)cc(OCCCCCCCCCCCC=C)c5)nn4)cc3C(=O)OCC)nn2)c1. The summed E-state index contributed by atoms with van der Waals surface area (Å²) in [7, 11) is 0. The van der Waals surface area contributed by atoms with Crippen molar-refractivity contribution >= 4 is 11.9 Å². The molecule has 0 fully saturated rings. The summed E-state index contributed by atoms with van der Waals surface area (Å²) in [6.45, 7) is 16.0. The molecule has 5 rings (SSSR count). The highest BCUT2D eigenvalue weighted by Gasteiger charge is 2.24. The zero-order chi connectivity index (χ0) is 71.0. The number of carbonyl (C=O) groups excluding carboxylic acids is 2. The van der Waals surface area contributed by atoms with Gasteiger partial charge < -0.3 is 48.1 Å². The van der Waals surface area contributed by atoms with Gasteiger partial charge in [0.15, 0.2) is 0 Å². The van der Waals surface area contributed by atoms with Gasteiger partial charge in [-0.05, 0) is 164 Å². The van der Waals surface area contributed by atoms with E-state index in [-0.39, 0.29) is 49.1 Å². The van der Waals surface area contributed by atoms with Crippen molar-refractivity contribution in [3.63, 3.8) is 0 Å². The number of aromatic nitrogens is 6. The lowest BCUT2D eigenvalue weighted by atomic mass is 10.1.